The van der Waals surface area contributed by atoms with Gasteiger partial charge in [0.15, 0.2) is 11.6 Å². The van der Waals surface area contributed by atoms with Crippen molar-refractivity contribution in [2.75, 3.05) is 5.32 Å². The van der Waals surface area contributed by atoms with E-state index in [4.69, 9.17) is 32.4 Å². The molecule has 0 spiro atoms. The number of nitrogens with one attached hydrogen (secondary N) is 1. The van der Waals surface area contributed by atoms with Gasteiger partial charge >= 0.3 is 0 Å². The zero-order chi connectivity index (χ0) is 23.5. The average Bonchev–Trinajstić information content (AvgIpc) is 3.38. The van der Waals surface area contributed by atoms with Crippen molar-refractivity contribution >= 4 is 50.9 Å². The van der Waals surface area contributed by atoms with Crippen molar-refractivity contribution in [1.29, 1.82) is 0 Å². The van der Waals surface area contributed by atoms with Gasteiger partial charge in [0.25, 0.3) is 5.91 Å². The second-order valence-electron chi connectivity index (χ2n) is 7.55. The number of ether oxygens (including phenoxy) is 1. The third kappa shape index (κ3) is 5.79. The molecule has 2 heterocycles. The summed E-state index contributed by atoms with van der Waals surface area (Å²) in [6.45, 7) is 4.67. The Morgan fingerprint density at radius 2 is 1.94 bits per heavy atom. The number of furan rings is 1. The van der Waals surface area contributed by atoms with Crippen LogP contribution in [0.4, 0.5) is 5.82 Å². The van der Waals surface area contributed by atoms with Crippen molar-refractivity contribution in [3.63, 3.8) is 0 Å². The van der Waals surface area contributed by atoms with Crippen LogP contribution in [-0.2, 0) is 13.2 Å². The van der Waals surface area contributed by atoms with E-state index in [-0.39, 0.29) is 12.4 Å². The standard InChI is InChI=1S/C24H20BrCl2N3O3/c1-14-3-4-15(2)22(9-14)32-13-17-6-8-21(33-17)24(31)28-23-18(25)12-30(29-23)11-16-5-7-19(26)20(27)10-16/h3-10,12H,11,13H2,1-2H3,(H,28,29,31). The first-order chi connectivity index (χ1) is 15.8. The van der Waals surface area contributed by atoms with Gasteiger partial charge in [0.1, 0.15) is 18.1 Å². The number of hydrogen-bond acceptors (Lipinski definition) is 4. The van der Waals surface area contributed by atoms with Gasteiger partial charge in [0.2, 0.25) is 0 Å². The first-order valence-electron chi connectivity index (χ1n) is 10.1. The first-order valence-corrected chi connectivity index (χ1v) is 11.6. The molecule has 0 aliphatic heterocycles. The maximum absolute atomic E-state index is 12.7. The van der Waals surface area contributed by atoms with Crippen LogP contribution in [0.1, 0.15) is 33.0 Å². The molecule has 0 aliphatic rings. The molecule has 1 N–H and O–H groups in total. The lowest BCUT2D eigenvalue weighted by Crippen LogP contribution is -2.12. The number of aromatic nitrogens is 2. The van der Waals surface area contributed by atoms with Crippen LogP contribution in [0.5, 0.6) is 5.75 Å². The van der Waals surface area contributed by atoms with Crippen LogP contribution in [0.2, 0.25) is 10.0 Å². The van der Waals surface area contributed by atoms with E-state index in [9.17, 15) is 4.79 Å². The molecule has 33 heavy (non-hydrogen) atoms. The quantitative estimate of drug-likeness (QED) is 0.269. The summed E-state index contributed by atoms with van der Waals surface area (Å²) in [5, 5.41) is 8.15. The summed E-state index contributed by atoms with van der Waals surface area (Å²) in [6, 6.07) is 14.7. The van der Waals surface area contributed by atoms with Crippen molar-refractivity contribution in [3.8, 4) is 5.75 Å². The van der Waals surface area contributed by atoms with E-state index >= 15 is 0 Å². The number of hydrogen-bond donors (Lipinski definition) is 1. The van der Waals surface area contributed by atoms with Crippen molar-refractivity contribution in [2.24, 2.45) is 0 Å². The van der Waals surface area contributed by atoms with Gasteiger partial charge in [-0.1, -0.05) is 41.4 Å². The van der Waals surface area contributed by atoms with Crippen LogP contribution in [-0.4, -0.2) is 15.7 Å². The van der Waals surface area contributed by atoms with Crippen molar-refractivity contribution in [2.45, 2.75) is 27.0 Å². The van der Waals surface area contributed by atoms with Crippen LogP contribution in [0.15, 0.2) is 63.6 Å². The van der Waals surface area contributed by atoms with E-state index in [1.807, 2.05) is 38.1 Å². The van der Waals surface area contributed by atoms with Gasteiger partial charge in [-0.15, -0.1) is 0 Å². The predicted molar refractivity (Wildman–Crippen MR) is 132 cm³/mol. The van der Waals surface area contributed by atoms with Crippen LogP contribution in [0.25, 0.3) is 0 Å². The van der Waals surface area contributed by atoms with Gasteiger partial charge < -0.3 is 14.5 Å². The summed E-state index contributed by atoms with van der Waals surface area (Å²) < 4.78 is 13.8. The highest BCUT2D eigenvalue weighted by molar-refractivity contribution is 9.10. The Labute approximate surface area is 209 Å². The van der Waals surface area contributed by atoms with Crippen molar-refractivity contribution in [1.82, 2.24) is 9.78 Å². The fraction of sp³-hybridized carbons (Fsp3) is 0.167. The number of carbonyl (C=O) groups is 1. The third-order valence-corrected chi connectivity index (χ3v) is 6.20. The summed E-state index contributed by atoms with van der Waals surface area (Å²) in [4.78, 5) is 12.7. The van der Waals surface area contributed by atoms with E-state index in [2.05, 4.69) is 26.3 Å². The normalized spacial score (nSPS) is 10.9. The molecule has 0 saturated heterocycles. The summed E-state index contributed by atoms with van der Waals surface area (Å²) in [5.41, 5.74) is 3.07. The minimum Gasteiger partial charge on any atom is -0.485 e. The Morgan fingerprint density at radius 3 is 2.73 bits per heavy atom. The third-order valence-electron chi connectivity index (χ3n) is 4.88. The molecule has 2 aromatic carbocycles. The fourth-order valence-electron chi connectivity index (χ4n) is 3.15. The van der Waals surface area contributed by atoms with E-state index in [0.717, 1.165) is 22.4 Å². The smallest absolute Gasteiger partial charge is 0.292 e. The zero-order valence-corrected chi connectivity index (χ0v) is 21.0. The van der Waals surface area contributed by atoms with Gasteiger partial charge in [0, 0.05) is 6.20 Å². The Kier molecular flexibility index (Phi) is 7.12. The zero-order valence-electron chi connectivity index (χ0n) is 17.9. The maximum atomic E-state index is 12.7. The molecule has 4 aromatic rings. The number of benzene rings is 2. The Morgan fingerprint density at radius 1 is 1.12 bits per heavy atom. The molecule has 1 amide bonds. The van der Waals surface area contributed by atoms with Gasteiger partial charge in [-0.25, -0.2) is 0 Å². The summed E-state index contributed by atoms with van der Waals surface area (Å²) in [5.74, 6) is 1.47. The molecule has 0 unspecified atom stereocenters. The van der Waals surface area contributed by atoms with Gasteiger partial charge in [-0.05, 0) is 76.8 Å². The molecule has 170 valence electrons. The molecule has 0 saturated carbocycles. The number of rotatable bonds is 7. The highest BCUT2D eigenvalue weighted by atomic mass is 79.9. The minimum atomic E-state index is -0.409. The number of halogens is 3. The van der Waals surface area contributed by atoms with E-state index in [1.165, 1.54) is 0 Å². The molecule has 0 aliphatic carbocycles. The fourth-order valence-corrected chi connectivity index (χ4v) is 3.88. The molecular weight excluding hydrogens is 529 g/mol. The summed E-state index contributed by atoms with van der Waals surface area (Å²) in [6.07, 6.45) is 1.77. The average molecular weight is 549 g/mol. The molecular formula is C24H20BrCl2N3O3. The lowest BCUT2D eigenvalue weighted by Gasteiger charge is -2.08. The van der Waals surface area contributed by atoms with Crippen LogP contribution < -0.4 is 10.1 Å². The number of carbonyl (C=O) groups excluding carboxylic acids is 1. The molecule has 0 radical (unpaired) electrons. The number of nitrogens with zero attached hydrogens (tertiary/aromatic N) is 2. The molecule has 0 fully saturated rings. The molecule has 0 atom stereocenters. The Bertz CT molecular complexity index is 1320. The monoisotopic (exact) mass is 547 g/mol. The molecule has 4 rings (SSSR count). The van der Waals surface area contributed by atoms with E-state index in [0.29, 0.717) is 32.6 Å². The molecule has 2 aromatic heterocycles. The molecule has 9 heteroatoms. The summed E-state index contributed by atoms with van der Waals surface area (Å²) in [7, 11) is 0. The molecule has 6 nitrogen and oxygen atoms in total. The lowest BCUT2D eigenvalue weighted by atomic mass is 10.1. The Balaban J connectivity index is 1.39. The van der Waals surface area contributed by atoms with Crippen LogP contribution in [0, 0.1) is 13.8 Å². The predicted octanol–water partition coefficient (Wildman–Crippen LogP) is 7.04. The highest BCUT2D eigenvalue weighted by Gasteiger charge is 2.16. The summed E-state index contributed by atoms with van der Waals surface area (Å²) >= 11 is 15.5. The van der Waals surface area contributed by atoms with Crippen LogP contribution >= 0.6 is 39.1 Å². The molecule has 0 bridgehead atoms. The van der Waals surface area contributed by atoms with Crippen molar-refractivity contribution < 1.29 is 13.9 Å². The number of anilines is 1. The first kappa shape index (κ1) is 23.4. The largest absolute Gasteiger partial charge is 0.485 e. The number of amides is 1. The maximum Gasteiger partial charge on any atom is 0.292 e. The lowest BCUT2D eigenvalue weighted by molar-refractivity contribution is 0.0992. The number of aryl methyl sites for hydroxylation is 2. The van der Waals surface area contributed by atoms with Gasteiger partial charge in [0.05, 0.1) is 21.1 Å². The van der Waals surface area contributed by atoms with Crippen LogP contribution in [0.3, 0.4) is 0 Å². The second-order valence-corrected chi connectivity index (χ2v) is 9.22. The minimum absolute atomic E-state index is 0.167. The Hall–Kier alpha value is -2.74. The van der Waals surface area contributed by atoms with Crippen molar-refractivity contribution in [3.05, 3.63) is 97.5 Å². The van der Waals surface area contributed by atoms with Gasteiger partial charge in [-0.2, -0.15) is 5.10 Å². The highest BCUT2D eigenvalue weighted by Crippen LogP contribution is 2.25. The SMILES string of the molecule is Cc1ccc(C)c(OCc2ccc(C(=O)Nc3nn(Cc4ccc(Cl)c(Cl)c4)cc3Br)o2)c1. The van der Waals surface area contributed by atoms with E-state index < -0.39 is 5.91 Å². The second kappa shape index (κ2) is 10.0. The van der Waals surface area contributed by atoms with Gasteiger partial charge in [-0.3, -0.25) is 9.48 Å². The van der Waals surface area contributed by atoms with E-state index in [1.54, 1.807) is 35.1 Å². The topological polar surface area (TPSA) is 69.3 Å².